The maximum absolute atomic E-state index is 12.0. The van der Waals surface area contributed by atoms with E-state index in [1.54, 1.807) is 43.3 Å². The summed E-state index contributed by atoms with van der Waals surface area (Å²) in [5.41, 5.74) is 1.23. The third-order valence-electron chi connectivity index (χ3n) is 3.15. The monoisotopic (exact) mass is 299 g/mol. The summed E-state index contributed by atoms with van der Waals surface area (Å²) in [5.74, 6) is -1.31. The maximum Gasteiger partial charge on any atom is 0.342 e. The first-order chi connectivity index (χ1) is 10.5. The molecule has 2 rings (SSSR count). The van der Waals surface area contributed by atoms with Crippen LogP contribution in [-0.2, 0) is 9.53 Å². The van der Waals surface area contributed by atoms with Crippen LogP contribution in [0.1, 0.15) is 22.8 Å². The van der Waals surface area contributed by atoms with Crippen molar-refractivity contribution in [2.45, 2.75) is 20.0 Å². The molecule has 1 atom stereocenters. The Hall–Kier alpha value is -2.82. The summed E-state index contributed by atoms with van der Waals surface area (Å²) in [6.07, 6.45) is -0.979. The fraction of sp³-hybridized carbons (Fsp3) is 0.176. The van der Waals surface area contributed by atoms with Crippen LogP contribution in [0.4, 0.5) is 5.69 Å². The lowest BCUT2D eigenvalue weighted by Gasteiger charge is -2.14. The van der Waals surface area contributed by atoms with E-state index in [-0.39, 0.29) is 11.3 Å². The largest absolute Gasteiger partial charge is 0.507 e. The molecule has 0 aliphatic rings. The number of benzene rings is 2. The van der Waals surface area contributed by atoms with E-state index in [2.05, 4.69) is 5.32 Å². The number of phenolic OH excluding ortho intramolecular Hbond substituents is 1. The van der Waals surface area contributed by atoms with Crippen LogP contribution < -0.4 is 5.32 Å². The summed E-state index contributed by atoms with van der Waals surface area (Å²) < 4.78 is 5.10. The Kier molecular flexibility index (Phi) is 4.78. The molecule has 0 aliphatic carbocycles. The Labute approximate surface area is 128 Å². The zero-order chi connectivity index (χ0) is 16.1. The van der Waals surface area contributed by atoms with Gasteiger partial charge in [-0.2, -0.15) is 0 Å². The van der Waals surface area contributed by atoms with Crippen molar-refractivity contribution in [1.29, 1.82) is 0 Å². The summed E-state index contributed by atoms with van der Waals surface area (Å²) in [7, 11) is 0. The van der Waals surface area contributed by atoms with Crippen molar-refractivity contribution in [2.24, 2.45) is 0 Å². The van der Waals surface area contributed by atoms with Gasteiger partial charge in [-0.05, 0) is 37.6 Å². The first-order valence-corrected chi connectivity index (χ1v) is 6.84. The van der Waals surface area contributed by atoms with Crippen molar-refractivity contribution < 1.29 is 19.4 Å². The standard InChI is InChI=1S/C17H17NO4/c1-11-7-6-10-14(15(11)19)17(21)22-12(2)16(20)18-13-8-4-3-5-9-13/h3-10,12,19H,1-2H3,(H,18,20)/t12-/m0/s1. The van der Waals surface area contributed by atoms with Crippen molar-refractivity contribution in [3.63, 3.8) is 0 Å². The maximum atomic E-state index is 12.0. The number of phenols is 1. The minimum Gasteiger partial charge on any atom is -0.507 e. The molecule has 0 radical (unpaired) electrons. The lowest BCUT2D eigenvalue weighted by Crippen LogP contribution is -2.30. The van der Waals surface area contributed by atoms with Crippen molar-refractivity contribution in [3.8, 4) is 5.75 Å². The van der Waals surface area contributed by atoms with Crippen molar-refractivity contribution in [1.82, 2.24) is 0 Å². The molecule has 0 aromatic heterocycles. The second-order valence-electron chi connectivity index (χ2n) is 4.87. The molecule has 0 unspecified atom stereocenters. The van der Waals surface area contributed by atoms with Crippen LogP contribution >= 0.6 is 0 Å². The average molecular weight is 299 g/mol. The number of aromatic hydroxyl groups is 1. The van der Waals surface area contributed by atoms with Gasteiger partial charge in [0.2, 0.25) is 0 Å². The number of hydrogen-bond acceptors (Lipinski definition) is 4. The molecule has 5 heteroatoms. The molecule has 2 aromatic rings. The van der Waals surface area contributed by atoms with Gasteiger partial charge in [-0.15, -0.1) is 0 Å². The average Bonchev–Trinajstić information content (AvgIpc) is 2.50. The van der Waals surface area contributed by atoms with Crippen LogP contribution in [0.15, 0.2) is 48.5 Å². The minimum atomic E-state index is -0.979. The number of aryl methyl sites for hydroxylation is 1. The summed E-state index contributed by atoms with van der Waals surface area (Å²) >= 11 is 0. The molecule has 22 heavy (non-hydrogen) atoms. The van der Waals surface area contributed by atoms with E-state index in [0.717, 1.165) is 0 Å². The van der Waals surface area contributed by atoms with Gasteiger partial charge in [0.25, 0.3) is 5.91 Å². The number of anilines is 1. The van der Waals surface area contributed by atoms with E-state index in [9.17, 15) is 14.7 Å². The summed E-state index contributed by atoms with van der Waals surface area (Å²) in [6.45, 7) is 3.15. The number of carbonyl (C=O) groups excluding carboxylic acids is 2. The van der Waals surface area contributed by atoms with Gasteiger partial charge in [0, 0.05) is 5.69 Å². The van der Waals surface area contributed by atoms with Gasteiger partial charge >= 0.3 is 5.97 Å². The number of rotatable bonds is 4. The predicted molar refractivity (Wildman–Crippen MR) is 82.8 cm³/mol. The van der Waals surface area contributed by atoms with E-state index in [0.29, 0.717) is 11.3 Å². The summed E-state index contributed by atoms with van der Waals surface area (Å²) in [6, 6.07) is 13.6. The quantitative estimate of drug-likeness (QED) is 0.851. The highest BCUT2D eigenvalue weighted by Gasteiger charge is 2.21. The number of para-hydroxylation sites is 2. The Morgan fingerprint density at radius 2 is 1.77 bits per heavy atom. The molecule has 0 spiro atoms. The highest BCUT2D eigenvalue weighted by Crippen LogP contribution is 2.22. The van der Waals surface area contributed by atoms with Crippen LogP contribution in [0.3, 0.4) is 0 Å². The van der Waals surface area contributed by atoms with Gasteiger partial charge < -0.3 is 15.2 Å². The van der Waals surface area contributed by atoms with Crippen molar-refractivity contribution in [3.05, 3.63) is 59.7 Å². The molecule has 1 amide bonds. The molecule has 0 heterocycles. The van der Waals surface area contributed by atoms with Crippen LogP contribution in [0.25, 0.3) is 0 Å². The van der Waals surface area contributed by atoms with E-state index in [1.807, 2.05) is 6.07 Å². The highest BCUT2D eigenvalue weighted by atomic mass is 16.5. The topological polar surface area (TPSA) is 75.6 Å². The first-order valence-electron chi connectivity index (χ1n) is 6.84. The molecular weight excluding hydrogens is 282 g/mol. The van der Waals surface area contributed by atoms with Gasteiger partial charge in [-0.3, -0.25) is 4.79 Å². The Balaban J connectivity index is 2.02. The van der Waals surface area contributed by atoms with Gasteiger partial charge in [0.05, 0.1) is 0 Å². The molecule has 114 valence electrons. The molecular formula is C17H17NO4. The zero-order valence-electron chi connectivity index (χ0n) is 12.4. The van der Waals surface area contributed by atoms with Gasteiger partial charge in [0.1, 0.15) is 11.3 Å². The predicted octanol–water partition coefficient (Wildman–Crippen LogP) is 2.88. The summed E-state index contributed by atoms with van der Waals surface area (Å²) in [5, 5.41) is 12.5. The molecule has 2 N–H and O–H groups in total. The number of nitrogens with one attached hydrogen (secondary N) is 1. The fourth-order valence-electron chi connectivity index (χ4n) is 1.87. The van der Waals surface area contributed by atoms with Gasteiger partial charge in [0.15, 0.2) is 6.10 Å². The first kappa shape index (κ1) is 15.6. The van der Waals surface area contributed by atoms with Crippen LogP contribution in [0, 0.1) is 6.92 Å². The van der Waals surface area contributed by atoms with Crippen LogP contribution in [-0.4, -0.2) is 23.1 Å². The Bertz CT molecular complexity index is 682. The minimum absolute atomic E-state index is 0.0411. The number of carbonyl (C=O) groups is 2. The van der Waals surface area contributed by atoms with Crippen LogP contribution in [0.2, 0.25) is 0 Å². The summed E-state index contributed by atoms with van der Waals surface area (Å²) in [4.78, 5) is 24.0. The molecule has 2 aromatic carbocycles. The molecule has 0 saturated heterocycles. The SMILES string of the molecule is Cc1cccc(C(=O)O[C@@H](C)C(=O)Nc2ccccc2)c1O. The number of ether oxygens (including phenoxy) is 1. The molecule has 0 saturated carbocycles. The molecule has 0 bridgehead atoms. The molecule has 0 fully saturated rings. The lowest BCUT2D eigenvalue weighted by molar-refractivity contribution is -0.123. The van der Waals surface area contributed by atoms with Gasteiger partial charge in [-0.1, -0.05) is 30.3 Å². The number of esters is 1. The van der Waals surface area contributed by atoms with Crippen LogP contribution in [0.5, 0.6) is 5.75 Å². The van der Waals surface area contributed by atoms with Crippen molar-refractivity contribution in [2.75, 3.05) is 5.32 Å². The normalized spacial score (nSPS) is 11.5. The van der Waals surface area contributed by atoms with Crippen molar-refractivity contribution >= 4 is 17.6 Å². The highest BCUT2D eigenvalue weighted by molar-refractivity contribution is 5.98. The Morgan fingerprint density at radius 1 is 1.09 bits per heavy atom. The third kappa shape index (κ3) is 3.63. The second kappa shape index (κ2) is 6.76. The lowest BCUT2D eigenvalue weighted by atomic mass is 10.1. The second-order valence-corrected chi connectivity index (χ2v) is 4.87. The number of hydrogen-bond donors (Lipinski definition) is 2. The molecule has 0 aliphatic heterocycles. The fourth-order valence-corrected chi connectivity index (χ4v) is 1.87. The van der Waals surface area contributed by atoms with E-state index < -0.39 is 18.0 Å². The van der Waals surface area contributed by atoms with Gasteiger partial charge in [-0.25, -0.2) is 4.79 Å². The smallest absolute Gasteiger partial charge is 0.342 e. The Morgan fingerprint density at radius 3 is 2.45 bits per heavy atom. The zero-order valence-corrected chi connectivity index (χ0v) is 12.4. The number of amides is 1. The molecule has 5 nitrogen and oxygen atoms in total. The van der Waals surface area contributed by atoms with E-state index in [4.69, 9.17) is 4.74 Å². The van der Waals surface area contributed by atoms with E-state index in [1.165, 1.54) is 13.0 Å². The van der Waals surface area contributed by atoms with E-state index >= 15 is 0 Å². The third-order valence-corrected chi connectivity index (χ3v) is 3.15.